The van der Waals surface area contributed by atoms with E-state index in [-0.39, 0.29) is 18.5 Å². The second-order valence-electron chi connectivity index (χ2n) is 7.83. The third-order valence-electron chi connectivity index (χ3n) is 5.27. The molecule has 2 amide bonds. The Bertz CT molecular complexity index is 1100. The Kier molecular flexibility index (Phi) is 9.75. The Labute approximate surface area is 209 Å². The van der Waals surface area contributed by atoms with Gasteiger partial charge in [-0.25, -0.2) is 8.42 Å². The lowest BCUT2D eigenvalue weighted by molar-refractivity contribution is -0.139. The van der Waals surface area contributed by atoms with Gasteiger partial charge in [0.05, 0.1) is 11.9 Å². The molecule has 0 heterocycles. The highest BCUT2D eigenvalue weighted by atomic mass is 79.9. The summed E-state index contributed by atoms with van der Waals surface area (Å²) in [5.41, 5.74) is 0.991. The molecule has 0 saturated heterocycles. The smallest absolute Gasteiger partial charge is 0.244 e. The van der Waals surface area contributed by atoms with Gasteiger partial charge in [-0.3, -0.25) is 13.9 Å². The molecule has 1 N–H and O–H groups in total. The number of hydrogen-bond acceptors (Lipinski definition) is 4. The van der Waals surface area contributed by atoms with Gasteiger partial charge in [0.25, 0.3) is 0 Å². The molecule has 180 valence electrons. The Balaban J connectivity index is 2.41. The average molecular weight is 559 g/mol. The van der Waals surface area contributed by atoms with Crippen molar-refractivity contribution in [2.75, 3.05) is 17.1 Å². The summed E-state index contributed by atoms with van der Waals surface area (Å²) >= 11 is 9.66. The van der Waals surface area contributed by atoms with Crippen LogP contribution in [0.5, 0.6) is 0 Å². The molecular formula is C23H29BrClN3O4S. The van der Waals surface area contributed by atoms with Gasteiger partial charge in [0.15, 0.2) is 0 Å². The molecule has 10 heteroatoms. The zero-order chi connectivity index (χ0) is 24.8. The summed E-state index contributed by atoms with van der Waals surface area (Å²) in [7, 11) is -3.79. The van der Waals surface area contributed by atoms with E-state index in [9.17, 15) is 18.0 Å². The number of halogens is 2. The molecule has 0 fully saturated rings. The van der Waals surface area contributed by atoms with Crippen molar-refractivity contribution in [3.63, 3.8) is 0 Å². The number of sulfonamides is 1. The zero-order valence-electron chi connectivity index (χ0n) is 19.1. The van der Waals surface area contributed by atoms with Gasteiger partial charge in [-0.15, -0.1) is 0 Å². The molecule has 0 spiro atoms. The van der Waals surface area contributed by atoms with Crippen molar-refractivity contribution >= 4 is 55.1 Å². The van der Waals surface area contributed by atoms with Crippen LogP contribution in [0.15, 0.2) is 53.0 Å². The number of nitrogens with zero attached hydrogens (tertiary/aromatic N) is 2. The van der Waals surface area contributed by atoms with E-state index in [0.29, 0.717) is 20.7 Å². The lowest BCUT2D eigenvalue weighted by atomic mass is 10.1. The first-order valence-corrected chi connectivity index (χ1v) is 13.5. The van der Waals surface area contributed by atoms with Gasteiger partial charge >= 0.3 is 0 Å². The standard InChI is InChI=1S/C23H29BrClN3O4S/c1-5-16(2)26-23(30)17(3)27(14-18-10-6-8-12-20(18)25)22(29)15-28(33(4,31)32)21-13-9-7-11-19(21)24/h6-13,16-17H,5,14-15H2,1-4H3,(H,26,30)/t16-,17+/m1/s1. The highest BCUT2D eigenvalue weighted by Crippen LogP contribution is 2.28. The van der Waals surface area contributed by atoms with Crippen LogP contribution in [-0.2, 0) is 26.2 Å². The number of anilines is 1. The first kappa shape index (κ1) is 27.1. The van der Waals surface area contributed by atoms with Gasteiger partial charge in [0.2, 0.25) is 21.8 Å². The van der Waals surface area contributed by atoms with E-state index in [1.807, 2.05) is 13.8 Å². The third-order valence-corrected chi connectivity index (χ3v) is 7.43. The fourth-order valence-electron chi connectivity index (χ4n) is 3.11. The molecule has 0 aromatic heterocycles. The van der Waals surface area contributed by atoms with Gasteiger partial charge in [-0.1, -0.05) is 48.9 Å². The first-order chi connectivity index (χ1) is 15.5. The molecule has 2 atom stereocenters. The topological polar surface area (TPSA) is 86.8 Å². The van der Waals surface area contributed by atoms with Gasteiger partial charge in [0, 0.05) is 22.1 Å². The number of carbonyl (C=O) groups excluding carboxylic acids is 2. The highest BCUT2D eigenvalue weighted by molar-refractivity contribution is 9.10. The van der Waals surface area contributed by atoms with E-state index in [1.54, 1.807) is 55.5 Å². The maximum atomic E-state index is 13.5. The summed E-state index contributed by atoms with van der Waals surface area (Å²) in [6.45, 7) is 5.04. The molecule has 2 aromatic rings. The molecule has 0 saturated carbocycles. The van der Waals surface area contributed by atoms with E-state index in [1.165, 1.54) is 4.90 Å². The maximum absolute atomic E-state index is 13.5. The van der Waals surface area contributed by atoms with E-state index >= 15 is 0 Å². The Morgan fingerprint density at radius 3 is 2.27 bits per heavy atom. The SMILES string of the molecule is CC[C@@H](C)NC(=O)[C@H](C)N(Cc1ccccc1Cl)C(=O)CN(c1ccccc1Br)S(C)(=O)=O. The van der Waals surface area contributed by atoms with Crippen LogP contribution < -0.4 is 9.62 Å². The van der Waals surface area contributed by atoms with E-state index in [4.69, 9.17) is 11.6 Å². The van der Waals surface area contributed by atoms with Crippen LogP contribution in [-0.4, -0.2) is 50.0 Å². The minimum Gasteiger partial charge on any atom is -0.352 e. The van der Waals surface area contributed by atoms with E-state index in [2.05, 4.69) is 21.2 Å². The predicted octanol–water partition coefficient (Wildman–Crippen LogP) is 4.20. The molecule has 0 bridgehead atoms. The Morgan fingerprint density at radius 2 is 1.70 bits per heavy atom. The number of rotatable bonds is 10. The van der Waals surface area contributed by atoms with Crippen LogP contribution in [0.4, 0.5) is 5.69 Å². The lowest BCUT2D eigenvalue weighted by Gasteiger charge is -2.32. The minimum absolute atomic E-state index is 0.0567. The van der Waals surface area contributed by atoms with Crippen molar-refractivity contribution in [3.05, 3.63) is 63.6 Å². The second-order valence-corrected chi connectivity index (χ2v) is 11.0. The molecule has 7 nitrogen and oxygen atoms in total. The zero-order valence-corrected chi connectivity index (χ0v) is 22.2. The van der Waals surface area contributed by atoms with Gasteiger partial charge in [-0.05, 0) is 60.0 Å². The van der Waals surface area contributed by atoms with Crippen molar-refractivity contribution in [3.8, 4) is 0 Å². The molecule has 0 unspecified atom stereocenters. The number of carbonyl (C=O) groups is 2. The summed E-state index contributed by atoms with van der Waals surface area (Å²) in [4.78, 5) is 27.7. The first-order valence-electron chi connectivity index (χ1n) is 10.5. The summed E-state index contributed by atoms with van der Waals surface area (Å²) in [5.74, 6) is -0.848. The van der Waals surface area contributed by atoms with Crippen LogP contribution >= 0.6 is 27.5 Å². The normalized spacial score (nSPS) is 13.2. The van der Waals surface area contributed by atoms with Crippen LogP contribution in [0.3, 0.4) is 0 Å². The van der Waals surface area contributed by atoms with Gasteiger partial charge < -0.3 is 10.2 Å². The van der Waals surface area contributed by atoms with Crippen LogP contribution in [0, 0.1) is 0 Å². The minimum atomic E-state index is -3.79. The van der Waals surface area contributed by atoms with Crippen LogP contribution in [0.2, 0.25) is 5.02 Å². The number of benzene rings is 2. The predicted molar refractivity (Wildman–Crippen MR) is 136 cm³/mol. The molecule has 2 rings (SSSR count). The van der Waals surface area contributed by atoms with Gasteiger partial charge in [0.1, 0.15) is 12.6 Å². The third kappa shape index (κ3) is 7.45. The van der Waals surface area contributed by atoms with Gasteiger partial charge in [-0.2, -0.15) is 0 Å². The molecular weight excluding hydrogens is 530 g/mol. The van der Waals surface area contributed by atoms with Crippen molar-refractivity contribution in [1.29, 1.82) is 0 Å². The quantitative estimate of drug-likeness (QED) is 0.474. The monoisotopic (exact) mass is 557 g/mol. The summed E-state index contributed by atoms with van der Waals surface area (Å²) in [5, 5.41) is 3.34. The fourth-order valence-corrected chi connectivity index (χ4v) is 4.78. The summed E-state index contributed by atoms with van der Waals surface area (Å²) < 4.78 is 26.7. The van der Waals surface area contributed by atoms with Crippen molar-refractivity contribution in [1.82, 2.24) is 10.2 Å². The Morgan fingerprint density at radius 1 is 1.09 bits per heavy atom. The largest absolute Gasteiger partial charge is 0.352 e. The number of hydrogen-bond donors (Lipinski definition) is 1. The molecule has 2 aromatic carbocycles. The highest BCUT2D eigenvalue weighted by Gasteiger charge is 2.31. The van der Waals surface area contributed by atoms with Crippen molar-refractivity contribution < 1.29 is 18.0 Å². The maximum Gasteiger partial charge on any atom is 0.244 e. The Hall–Kier alpha value is -2.10. The molecule has 33 heavy (non-hydrogen) atoms. The summed E-state index contributed by atoms with van der Waals surface area (Å²) in [6, 6.07) is 12.9. The molecule has 0 aliphatic heterocycles. The van der Waals surface area contributed by atoms with Crippen molar-refractivity contribution in [2.24, 2.45) is 0 Å². The molecule has 0 radical (unpaired) electrons. The van der Waals surface area contributed by atoms with Crippen molar-refractivity contribution in [2.45, 2.75) is 45.8 Å². The second kappa shape index (κ2) is 11.9. The molecule has 0 aliphatic rings. The lowest BCUT2D eigenvalue weighted by Crippen LogP contribution is -2.52. The number of nitrogens with one attached hydrogen (secondary N) is 1. The van der Waals surface area contributed by atoms with E-state index in [0.717, 1.165) is 17.0 Å². The van der Waals surface area contributed by atoms with E-state index < -0.39 is 28.5 Å². The van der Waals surface area contributed by atoms with Crippen LogP contribution in [0.25, 0.3) is 0 Å². The average Bonchev–Trinajstić information content (AvgIpc) is 2.76. The fraction of sp³-hybridized carbons (Fsp3) is 0.391. The summed E-state index contributed by atoms with van der Waals surface area (Å²) in [6.07, 6.45) is 1.78. The number of para-hydroxylation sites is 1. The van der Waals surface area contributed by atoms with Crippen LogP contribution in [0.1, 0.15) is 32.8 Å². The molecule has 0 aliphatic carbocycles. The number of amides is 2.